The highest BCUT2D eigenvalue weighted by molar-refractivity contribution is 6.31. The molecule has 1 unspecified atom stereocenters. The third-order valence-electron chi connectivity index (χ3n) is 4.62. The number of likely N-dealkylation sites (N-methyl/N-ethyl adjacent to an activating group) is 1. The van der Waals surface area contributed by atoms with Gasteiger partial charge >= 0.3 is 6.18 Å². The van der Waals surface area contributed by atoms with Crippen molar-refractivity contribution < 1.29 is 18.0 Å². The Morgan fingerprint density at radius 3 is 2.52 bits per heavy atom. The molecule has 0 bridgehead atoms. The molecule has 0 aliphatic heterocycles. The van der Waals surface area contributed by atoms with Crippen LogP contribution in [-0.4, -0.2) is 55.4 Å². The van der Waals surface area contributed by atoms with Gasteiger partial charge in [-0.1, -0.05) is 18.5 Å². The molecule has 0 aliphatic rings. The summed E-state index contributed by atoms with van der Waals surface area (Å²) in [5, 5.41) is 11.4. The van der Waals surface area contributed by atoms with Gasteiger partial charge in [-0.05, 0) is 24.6 Å². The number of carbonyl (C=O) groups is 1. The van der Waals surface area contributed by atoms with Crippen LogP contribution in [0.4, 0.5) is 19.0 Å². The molecule has 1 amide bonds. The number of rotatable bonds is 7. The van der Waals surface area contributed by atoms with Crippen LogP contribution in [0, 0.1) is 0 Å². The minimum Gasteiger partial charge on any atom is -0.367 e. The number of aromatic nitrogens is 5. The van der Waals surface area contributed by atoms with E-state index in [0.29, 0.717) is 28.9 Å². The predicted octanol–water partition coefficient (Wildman–Crippen LogP) is 3.69. The van der Waals surface area contributed by atoms with E-state index in [1.807, 2.05) is 6.92 Å². The van der Waals surface area contributed by atoms with Crippen LogP contribution in [0.1, 0.15) is 29.4 Å². The number of hydrogen-bond acceptors (Lipinski definition) is 6. The minimum atomic E-state index is -4.55. The Morgan fingerprint density at radius 1 is 1.23 bits per heavy atom. The summed E-state index contributed by atoms with van der Waals surface area (Å²) in [6.45, 7) is 2.15. The molecule has 1 aromatic carbocycles. The lowest BCUT2D eigenvalue weighted by Gasteiger charge is -2.28. The SMILES string of the molecule is CCC(CNc1cnc(C(F)(F)F)cn1)N(C)C(=O)c1cc(Cl)ccc1-n1nccn1. The molecule has 0 aliphatic carbocycles. The van der Waals surface area contributed by atoms with Gasteiger partial charge in [0, 0.05) is 24.7 Å². The Bertz CT molecular complexity index is 1030. The monoisotopic (exact) mass is 453 g/mol. The normalized spacial score (nSPS) is 12.5. The van der Waals surface area contributed by atoms with Crippen molar-refractivity contribution in [1.82, 2.24) is 29.9 Å². The number of benzene rings is 1. The van der Waals surface area contributed by atoms with Crippen LogP contribution in [0.15, 0.2) is 43.0 Å². The van der Waals surface area contributed by atoms with Gasteiger partial charge < -0.3 is 10.2 Å². The molecule has 3 aromatic rings. The molecule has 0 saturated heterocycles. The van der Waals surface area contributed by atoms with E-state index in [0.717, 1.165) is 6.20 Å². The first kappa shape index (κ1) is 22.5. The molecule has 0 spiro atoms. The Hall–Kier alpha value is -3.21. The molecule has 1 N–H and O–H groups in total. The molecular formula is C19H19ClF3N7O. The maximum Gasteiger partial charge on any atom is 0.434 e. The second-order valence-electron chi connectivity index (χ2n) is 6.62. The average molecular weight is 454 g/mol. The Balaban J connectivity index is 1.74. The van der Waals surface area contributed by atoms with E-state index in [4.69, 9.17) is 11.6 Å². The van der Waals surface area contributed by atoms with Gasteiger partial charge in [0.2, 0.25) is 0 Å². The van der Waals surface area contributed by atoms with Gasteiger partial charge in [0.25, 0.3) is 5.91 Å². The van der Waals surface area contributed by atoms with Gasteiger partial charge in [0.1, 0.15) is 5.82 Å². The Kier molecular flexibility index (Phi) is 6.74. The molecule has 31 heavy (non-hydrogen) atoms. The predicted molar refractivity (Wildman–Crippen MR) is 108 cm³/mol. The maximum absolute atomic E-state index is 13.2. The molecule has 1 atom stereocenters. The zero-order chi connectivity index (χ0) is 22.6. The first-order valence-electron chi connectivity index (χ1n) is 9.27. The van der Waals surface area contributed by atoms with Crippen LogP contribution >= 0.6 is 11.6 Å². The molecule has 0 saturated carbocycles. The van der Waals surface area contributed by atoms with Crippen LogP contribution in [0.2, 0.25) is 5.02 Å². The largest absolute Gasteiger partial charge is 0.434 e. The molecule has 2 heterocycles. The summed E-state index contributed by atoms with van der Waals surface area (Å²) in [6.07, 6.45) is 0.692. The van der Waals surface area contributed by atoms with Crippen LogP contribution in [0.3, 0.4) is 0 Å². The van der Waals surface area contributed by atoms with Gasteiger partial charge in [-0.25, -0.2) is 9.97 Å². The van der Waals surface area contributed by atoms with Crippen LogP contribution in [0.25, 0.3) is 5.69 Å². The van der Waals surface area contributed by atoms with Gasteiger partial charge in [-0.15, -0.1) is 0 Å². The highest BCUT2D eigenvalue weighted by Gasteiger charge is 2.32. The molecule has 164 valence electrons. The van der Waals surface area contributed by atoms with Gasteiger partial charge in [-0.3, -0.25) is 4.79 Å². The van der Waals surface area contributed by atoms with Gasteiger partial charge in [0.15, 0.2) is 5.69 Å². The molecule has 2 aromatic heterocycles. The summed E-state index contributed by atoms with van der Waals surface area (Å²) in [5.41, 5.74) is -0.278. The summed E-state index contributed by atoms with van der Waals surface area (Å²) in [4.78, 5) is 23.2. The first-order chi connectivity index (χ1) is 14.7. The number of hydrogen-bond donors (Lipinski definition) is 1. The third kappa shape index (κ3) is 5.29. The van der Waals surface area contributed by atoms with E-state index >= 15 is 0 Å². The van der Waals surface area contributed by atoms with E-state index < -0.39 is 11.9 Å². The number of alkyl halides is 3. The fraction of sp³-hybridized carbons (Fsp3) is 0.316. The summed E-state index contributed by atoms with van der Waals surface area (Å²) >= 11 is 6.10. The summed E-state index contributed by atoms with van der Waals surface area (Å²) < 4.78 is 37.9. The maximum atomic E-state index is 13.2. The van der Waals surface area contributed by atoms with Gasteiger partial charge in [0.05, 0.1) is 36.0 Å². The Morgan fingerprint density at radius 2 is 1.94 bits per heavy atom. The van der Waals surface area contributed by atoms with Crippen molar-refractivity contribution in [2.24, 2.45) is 0 Å². The number of amides is 1. The van der Waals surface area contributed by atoms with Crippen molar-refractivity contribution in [2.75, 3.05) is 18.9 Å². The van der Waals surface area contributed by atoms with Gasteiger partial charge in [-0.2, -0.15) is 28.2 Å². The molecule has 0 radical (unpaired) electrons. The minimum absolute atomic E-state index is 0.177. The number of halogens is 4. The second kappa shape index (κ2) is 9.29. The topological polar surface area (TPSA) is 88.8 Å². The van der Waals surface area contributed by atoms with E-state index in [2.05, 4.69) is 25.5 Å². The van der Waals surface area contributed by atoms with E-state index in [9.17, 15) is 18.0 Å². The van der Waals surface area contributed by atoms with Crippen molar-refractivity contribution in [1.29, 1.82) is 0 Å². The number of nitrogens with zero attached hydrogens (tertiary/aromatic N) is 6. The highest BCUT2D eigenvalue weighted by atomic mass is 35.5. The smallest absolute Gasteiger partial charge is 0.367 e. The highest BCUT2D eigenvalue weighted by Crippen LogP contribution is 2.27. The molecular weight excluding hydrogens is 435 g/mol. The van der Waals surface area contributed by atoms with Crippen LogP contribution in [-0.2, 0) is 6.18 Å². The zero-order valence-electron chi connectivity index (χ0n) is 16.6. The summed E-state index contributed by atoms with van der Waals surface area (Å²) in [6, 6.07) is 4.55. The van der Waals surface area contributed by atoms with Crippen molar-refractivity contribution in [2.45, 2.75) is 25.6 Å². The van der Waals surface area contributed by atoms with E-state index in [-0.39, 0.29) is 24.3 Å². The molecule has 12 heteroatoms. The number of anilines is 1. The molecule has 0 fully saturated rings. The van der Waals surface area contributed by atoms with Crippen molar-refractivity contribution in [3.8, 4) is 5.69 Å². The summed E-state index contributed by atoms with van der Waals surface area (Å²) in [7, 11) is 1.64. The fourth-order valence-electron chi connectivity index (χ4n) is 2.89. The van der Waals surface area contributed by atoms with E-state index in [1.54, 1.807) is 25.2 Å². The lowest BCUT2D eigenvalue weighted by Crippen LogP contribution is -2.41. The lowest BCUT2D eigenvalue weighted by atomic mass is 10.1. The average Bonchev–Trinajstić information content (AvgIpc) is 3.27. The van der Waals surface area contributed by atoms with E-state index in [1.165, 1.54) is 22.1 Å². The quantitative estimate of drug-likeness (QED) is 0.587. The second-order valence-corrected chi connectivity index (χ2v) is 7.06. The molecule has 3 rings (SSSR count). The van der Waals surface area contributed by atoms with Crippen molar-refractivity contribution in [3.63, 3.8) is 0 Å². The van der Waals surface area contributed by atoms with Crippen molar-refractivity contribution in [3.05, 3.63) is 59.3 Å². The summed E-state index contributed by atoms with van der Waals surface area (Å²) in [5.74, 6) is -0.126. The zero-order valence-corrected chi connectivity index (χ0v) is 17.4. The Labute approximate surface area is 181 Å². The number of nitrogens with one attached hydrogen (secondary N) is 1. The van der Waals surface area contributed by atoms with Crippen LogP contribution in [0.5, 0.6) is 0 Å². The van der Waals surface area contributed by atoms with Crippen LogP contribution < -0.4 is 5.32 Å². The lowest BCUT2D eigenvalue weighted by molar-refractivity contribution is -0.141. The third-order valence-corrected chi connectivity index (χ3v) is 4.86. The van der Waals surface area contributed by atoms with Crippen molar-refractivity contribution >= 4 is 23.3 Å². The standard InChI is InChI=1S/C19H19ClF3N7O/c1-3-13(9-25-17-11-24-16(10-26-17)19(21,22)23)29(2)18(31)14-8-12(20)4-5-15(14)30-27-6-7-28-30/h4-8,10-11,13H,3,9H2,1-2H3,(H,25,26). The fourth-order valence-corrected chi connectivity index (χ4v) is 3.07. The first-order valence-corrected chi connectivity index (χ1v) is 9.65. The number of carbonyl (C=O) groups excluding carboxylic acids is 1. The molecule has 8 nitrogen and oxygen atoms in total.